The summed E-state index contributed by atoms with van der Waals surface area (Å²) in [6.45, 7) is 9.11. The van der Waals surface area contributed by atoms with Gasteiger partial charge in [0.15, 0.2) is 0 Å². The van der Waals surface area contributed by atoms with Crippen molar-refractivity contribution >= 4 is 12.4 Å². The van der Waals surface area contributed by atoms with E-state index >= 15 is 0 Å². The summed E-state index contributed by atoms with van der Waals surface area (Å²) in [6, 6.07) is 0.971. The van der Waals surface area contributed by atoms with Gasteiger partial charge < -0.3 is 10.2 Å². The Hall–Kier alpha value is 0.170. The van der Waals surface area contributed by atoms with Crippen molar-refractivity contribution in [3.05, 3.63) is 0 Å². The fourth-order valence-corrected chi connectivity index (χ4v) is 3.20. The number of piperidine rings is 1. The lowest BCUT2D eigenvalue weighted by molar-refractivity contribution is 0.107. The second-order valence-corrected chi connectivity index (χ2v) is 5.78. The molecule has 3 rings (SSSR count). The van der Waals surface area contributed by atoms with Crippen LogP contribution in [0.2, 0.25) is 0 Å². The quantitative estimate of drug-likeness (QED) is 0.822. The van der Waals surface area contributed by atoms with Gasteiger partial charge in [0, 0.05) is 38.8 Å². The fourth-order valence-electron chi connectivity index (χ4n) is 3.20. The van der Waals surface area contributed by atoms with E-state index in [1.165, 1.54) is 71.5 Å². The molecule has 4 heteroatoms. The van der Waals surface area contributed by atoms with E-state index in [2.05, 4.69) is 15.1 Å². The minimum absolute atomic E-state index is 0. The van der Waals surface area contributed by atoms with Gasteiger partial charge in [-0.1, -0.05) is 0 Å². The highest BCUT2D eigenvalue weighted by Gasteiger charge is 2.31. The highest BCUT2D eigenvalue weighted by Crippen LogP contribution is 2.27. The Labute approximate surface area is 111 Å². The van der Waals surface area contributed by atoms with E-state index in [9.17, 15) is 0 Å². The third-order valence-corrected chi connectivity index (χ3v) is 4.39. The van der Waals surface area contributed by atoms with Crippen LogP contribution in [0, 0.1) is 5.92 Å². The smallest absolute Gasteiger partial charge is 0.0113 e. The number of nitrogens with zero attached hydrogens (tertiary/aromatic N) is 2. The Kier molecular flexibility index (Phi) is 5.10. The van der Waals surface area contributed by atoms with Crippen LogP contribution in [-0.2, 0) is 0 Å². The summed E-state index contributed by atoms with van der Waals surface area (Å²) in [5, 5.41) is 3.52. The molecule has 2 saturated heterocycles. The van der Waals surface area contributed by atoms with E-state index in [0.29, 0.717) is 0 Å². The molecule has 0 bridgehead atoms. The second-order valence-electron chi connectivity index (χ2n) is 5.78. The first-order chi connectivity index (χ1) is 7.92. The molecule has 0 aromatic rings. The van der Waals surface area contributed by atoms with Gasteiger partial charge in [-0.3, -0.25) is 4.90 Å². The minimum atomic E-state index is 0. The van der Waals surface area contributed by atoms with Gasteiger partial charge in [-0.2, -0.15) is 0 Å². The van der Waals surface area contributed by atoms with Crippen molar-refractivity contribution in [2.24, 2.45) is 5.92 Å². The minimum Gasteiger partial charge on any atom is -0.316 e. The van der Waals surface area contributed by atoms with E-state index in [4.69, 9.17) is 0 Å². The molecule has 1 saturated carbocycles. The molecule has 0 radical (unpaired) electrons. The Bertz CT molecular complexity index is 219. The average molecular weight is 260 g/mol. The maximum Gasteiger partial charge on any atom is 0.0113 e. The molecular weight excluding hydrogens is 234 g/mol. The van der Waals surface area contributed by atoms with E-state index in [1.807, 2.05) is 0 Å². The highest BCUT2D eigenvalue weighted by molar-refractivity contribution is 5.85. The van der Waals surface area contributed by atoms with Crippen LogP contribution in [0.1, 0.15) is 25.7 Å². The average Bonchev–Trinajstić information content (AvgIpc) is 3.15. The van der Waals surface area contributed by atoms with Gasteiger partial charge in [0.25, 0.3) is 0 Å². The number of nitrogens with one attached hydrogen (secondary N) is 1. The van der Waals surface area contributed by atoms with Crippen LogP contribution < -0.4 is 5.32 Å². The molecule has 1 N–H and O–H groups in total. The number of piperazine rings is 1. The first-order valence-corrected chi connectivity index (χ1v) is 7.09. The molecule has 3 aliphatic rings. The summed E-state index contributed by atoms with van der Waals surface area (Å²) in [5.41, 5.74) is 0. The lowest BCUT2D eigenvalue weighted by Gasteiger charge is -2.37. The van der Waals surface area contributed by atoms with E-state index in [0.717, 1.165) is 12.0 Å². The van der Waals surface area contributed by atoms with Gasteiger partial charge in [0.05, 0.1) is 0 Å². The summed E-state index contributed by atoms with van der Waals surface area (Å²) < 4.78 is 0. The van der Waals surface area contributed by atoms with Crippen LogP contribution in [0.15, 0.2) is 0 Å². The number of rotatable bonds is 3. The van der Waals surface area contributed by atoms with Crippen LogP contribution in [0.25, 0.3) is 0 Å². The maximum atomic E-state index is 3.52. The van der Waals surface area contributed by atoms with E-state index < -0.39 is 0 Å². The third kappa shape index (κ3) is 3.82. The van der Waals surface area contributed by atoms with Crippen LogP contribution in [0.5, 0.6) is 0 Å². The Morgan fingerprint density at radius 2 is 1.76 bits per heavy atom. The van der Waals surface area contributed by atoms with Gasteiger partial charge >= 0.3 is 0 Å². The Balaban J connectivity index is 0.00000108. The van der Waals surface area contributed by atoms with Gasteiger partial charge in [0.1, 0.15) is 0 Å². The van der Waals surface area contributed by atoms with Crippen molar-refractivity contribution < 1.29 is 0 Å². The van der Waals surface area contributed by atoms with Crippen LogP contribution in [0.4, 0.5) is 0 Å². The lowest BCUT2D eigenvalue weighted by atomic mass is 9.99. The largest absolute Gasteiger partial charge is 0.316 e. The predicted molar refractivity (Wildman–Crippen MR) is 73.9 cm³/mol. The van der Waals surface area contributed by atoms with Crippen molar-refractivity contribution in [3.63, 3.8) is 0 Å². The molecule has 17 heavy (non-hydrogen) atoms. The van der Waals surface area contributed by atoms with Crippen LogP contribution >= 0.6 is 12.4 Å². The molecule has 3 fully saturated rings. The molecule has 100 valence electrons. The third-order valence-electron chi connectivity index (χ3n) is 4.39. The second kappa shape index (κ2) is 6.37. The molecule has 0 spiro atoms. The van der Waals surface area contributed by atoms with Crippen molar-refractivity contribution in [2.45, 2.75) is 31.7 Å². The van der Waals surface area contributed by atoms with E-state index in [-0.39, 0.29) is 12.4 Å². The molecule has 2 aliphatic heterocycles. The number of hydrogen-bond donors (Lipinski definition) is 1. The van der Waals surface area contributed by atoms with Gasteiger partial charge in [0.2, 0.25) is 0 Å². The molecule has 0 aromatic carbocycles. The standard InChI is InChI=1S/C13H25N3.ClH/c1-2-12(10-14-5-1)11-15-6-8-16(9-7-15)13-3-4-13;/h12-14H,1-11H2;1H. The van der Waals surface area contributed by atoms with Crippen molar-refractivity contribution in [2.75, 3.05) is 45.8 Å². The number of hydrogen-bond acceptors (Lipinski definition) is 3. The molecule has 0 aromatic heterocycles. The van der Waals surface area contributed by atoms with Crippen molar-refractivity contribution in [1.29, 1.82) is 0 Å². The van der Waals surface area contributed by atoms with E-state index in [1.54, 1.807) is 0 Å². The topological polar surface area (TPSA) is 18.5 Å². The van der Waals surface area contributed by atoms with Crippen LogP contribution in [-0.4, -0.2) is 61.7 Å². The highest BCUT2D eigenvalue weighted by atomic mass is 35.5. The van der Waals surface area contributed by atoms with Gasteiger partial charge in [-0.05, 0) is 44.7 Å². The first kappa shape index (κ1) is 13.6. The van der Waals surface area contributed by atoms with Gasteiger partial charge in [-0.15, -0.1) is 12.4 Å². The predicted octanol–water partition coefficient (Wildman–Crippen LogP) is 1.19. The normalized spacial score (nSPS) is 32.1. The Morgan fingerprint density at radius 1 is 1.00 bits per heavy atom. The van der Waals surface area contributed by atoms with Crippen LogP contribution in [0.3, 0.4) is 0 Å². The zero-order valence-electron chi connectivity index (χ0n) is 10.7. The lowest BCUT2D eigenvalue weighted by Crippen LogP contribution is -2.49. The van der Waals surface area contributed by atoms with Crippen molar-refractivity contribution in [1.82, 2.24) is 15.1 Å². The monoisotopic (exact) mass is 259 g/mol. The molecule has 1 unspecified atom stereocenters. The summed E-state index contributed by atoms with van der Waals surface area (Å²) in [4.78, 5) is 5.40. The summed E-state index contributed by atoms with van der Waals surface area (Å²) in [5.74, 6) is 0.918. The maximum absolute atomic E-state index is 3.52. The van der Waals surface area contributed by atoms with Crippen molar-refractivity contribution in [3.8, 4) is 0 Å². The first-order valence-electron chi connectivity index (χ1n) is 7.09. The van der Waals surface area contributed by atoms with Gasteiger partial charge in [-0.25, -0.2) is 0 Å². The zero-order valence-corrected chi connectivity index (χ0v) is 11.6. The Morgan fingerprint density at radius 3 is 2.35 bits per heavy atom. The molecule has 3 nitrogen and oxygen atoms in total. The summed E-state index contributed by atoms with van der Waals surface area (Å²) in [6.07, 6.45) is 5.75. The summed E-state index contributed by atoms with van der Waals surface area (Å²) >= 11 is 0. The zero-order chi connectivity index (χ0) is 10.8. The SMILES string of the molecule is C1CNCC(CN2CCN(C3CC3)CC2)C1.Cl. The molecular formula is C13H26ClN3. The molecule has 1 aliphatic carbocycles. The molecule has 0 amide bonds. The molecule has 1 atom stereocenters. The number of halogens is 1. The summed E-state index contributed by atoms with van der Waals surface area (Å²) in [7, 11) is 0. The molecule has 2 heterocycles. The fraction of sp³-hybridized carbons (Fsp3) is 1.00.